The topological polar surface area (TPSA) is 70.1 Å². The van der Waals surface area contributed by atoms with E-state index in [9.17, 15) is 4.79 Å². The third kappa shape index (κ3) is 3.65. The number of carbonyl (C=O) groups excluding carboxylic acids is 1. The summed E-state index contributed by atoms with van der Waals surface area (Å²) in [6.07, 6.45) is 5.95. The van der Waals surface area contributed by atoms with Crippen molar-refractivity contribution < 1.29 is 9.53 Å². The van der Waals surface area contributed by atoms with Crippen LogP contribution in [0.5, 0.6) is 0 Å². The van der Waals surface area contributed by atoms with Crippen molar-refractivity contribution in [3.8, 4) is 0 Å². The van der Waals surface area contributed by atoms with Gasteiger partial charge in [0, 0.05) is 18.9 Å². The van der Waals surface area contributed by atoms with Gasteiger partial charge in [-0.15, -0.1) is 0 Å². The third-order valence-electron chi connectivity index (χ3n) is 2.65. The maximum atomic E-state index is 11.8. The molecule has 5 nitrogen and oxygen atoms in total. The number of imidazole rings is 1. The van der Waals surface area contributed by atoms with E-state index in [4.69, 9.17) is 33.7 Å². The molecule has 7 heteroatoms. The number of hydrogen-bond donors (Lipinski definition) is 1. The maximum Gasteiger partial charge on any atom is 0.338 e. The number of aromatic nitrogens is 2. The number of ether oxygens (including phenoxy) is 1. The molecular weight excluding hydrogens is 301 g/mol. The minimum atomic E-state index is -0.471. The Morgan fingerprint density at radius 1 is 1.40 bits per heavy atom. The fourth-order valence-corrected chi connectivity index (χ4v) is 1.98. The van der Waals surface area contributed by atoms with Crippen molar-refractivity contribution in [3.63, 3.8) is 0 Å². The second-order valence-electron chi connectivity index (χ2n) is 4.15. The van der Waals surface area contributed by atoms with Crippen molar-refractivity contribution in [2.75, 3.05) is 12.3 Å². The monoisotopic (exact) mass is 313 g/mol. The number of nitrogen functional groups attached to an aromatic ring is 1. The van der Waals surface area contributed by atoms with Gasteiger partial charge in [-0.3, -0.25) is 0 Å². The summed E-state index contributed by atoms with van der Waals surface area (Å²) in [7, 11) is 0. The van der Waals surface area contributed by atoms with Crippen LogP contribution in [0.15, 0.2) is 30.9 Å². The van der Waals surface area contributed by atoms with Crippen LogP contribution in [0.2, 0.25) is 10.0 Å². The zero-order valence-corrected chi connectivity index (χ0v) is 12.1. The molecule has 2 N–H and O–H groups in total. The molecule has 2 aromatic rings. The van der Waals surface area contributed by atoms with E-state index in [-0.39, 0.29) is 15.7 Å². The van der Waals surface area contributed by atoms with E-state index in [1.54, 1.807) is 12.5 Å². The predicted octanol–water partition coefficient (Wildman–Crippen LogP) is 3.02. The second kappa shape index (κ2) is 6.63. The summed E-state index contributed by atoms with van der Waals surface area (Å²) in [4.78, 5) is 15.7. The SMILES string of the molecule is Nc1cc(C(=O)OCCCn2ccnc2)cc(Cl)c1Cl. The predicted molar refractivity (Wildman–Crippen MR) is 78.0 cm³/mol. The molecule has 0 aliphatic rings. The molecule has 0 radical (unpaired) electrons. The molecular formula is C13H13Cl2N3O2. The van der Waals surface area contributed by atoms with Gasteiger partial charge in [-0.25, -0.2) is 9.78 Å². The first-order chi connectivity index (χ1) is 9.58. The number of nitrogens with two attached hydrogens (primary N) is 1. The lowest BCUT2D eigenvalue weighted by Crippen LogP contribution is -2.09. The molecule has 0 aliphatic carbocycles. The first-order valence-electron chi connectivity index (χ1n) is 5.95. The largest absolute Gasteiger partial charge is 0.462 e. The van der Waals surface area contributed by atoms with Gasteiger partial charge in [-0.1, -0.05) is 23.2 Å². The highest BCUT2D eigenvalue weighted by Crippen LogP contribution is 2.29. The fraction of sp³-hybridized carbons (Fsp3) is 0.231. The lowest BCUT2D eigenvalue weighted by atomic mass is 10.2. The minimum absolute atomic E-state index is 0.233. The van der Waals surface area contributed by atoms with Gasteiger partial charge < -0.3 is 15.0 Å². The third-order valence-corrected chi connectivity index (χ3v) is 3.46. The zero-order chi connectivity index (χ0) is 14.5. The smallest absolute Gasteiger partial charge is 0.338 e. The van der Waals surface area contributed by atoms with E-state index in [1.165, 1.54) is 12.1 Å². The van der Waals surface area contributed by atoms with Gasteiger partial charge in [-0.05, 0) is 18.6 Å². The summed E-state index contributed by atoms with van der Waals surface area (Å²) in [5.41, 5.74) is 6.19. The molecule has 0 fully saturated rings. The van der Waals surface area contributed by atoms with Crippen LogP contribution in [0.1, 0.15) is 16.8 Å². The number of rotatable bonds is 5. The minimum Gasteiger partial charge on any atom is -0.462 e. The normalized spacial score (nSPS) is 10.5. The van der Waals surface area contributed by atoms with Crippen LogP contribution in [-0.4, -0.2) is 22.1 Å². The molecule has 0 amide bonds. The van der Waals surface area contributed by atoms with Crippen LogP contribution in [0.4, 0.5) is 5.69 Å². The molecule has 1 aromatic carbocycles. The molecule has 0 bridgehead atoms. The van der Waals surface area contributed by atoms with Crippen LogP contribution in [-0.2, 0) is 11.3 Å². The quantitative estimate of drug-likeness (QED) is 0.523. The zero-order valence-electron chi connectivity index (χ0n) is 10.6. The number of hydrogen-bond acceptors (Lipinski definition) is 4. The molecule has 0 unspecified atom stereocenters. The Hall–Kier alpha value is -1.72. The summed E-state index contributed by atoms with van der Waals surface area (Å²) >= 11 is 11.7. The van der Waals surface area contributed by atoms with Gasteiger partial charge in [-0.2, -0.15) is 0 Å². The molecule has 106 valence electrons. The number of carbonyl (C=O) groups is 1. The summed E-state index contributed by atoms with van der Waals surface area (Å²) < 4.78 is 7.05. The summed E-state index contributed by atoms with van der Waals surface area (Å²) in [6.45, 7) is 1.04. The van der Waals surface area contributed by atoms with Gasteiger partial charge in [0.15, 0.2) is 0 Å². The highest BCUT2D eigenvalue weighted by Gasteiger charge is 2.12. The number of benzene rings is 1. The summed E-state index contributed by atoms with van der Waals surface area (Å²) in [6, 6.07) is 2.89. The van der Waals surface area contributed by atoms with Crippen LogP contribution < -0.4 is 5.73 Å². The van der Waals surface area contributed by atoms with Gasteiger partial charge in [0.1, 0.15) is 0 Å². The summed E-state index contributed by atoms with van der Waals surface area (Å²) in [5.74, 6) is -0.471. The van der Waals surface area contributed by atoms with E-state index >= 15 is 0 Å². The van der Waals surface area contributed by atoms with Crippen molar-refractivity contribution in [1.82, 2.24) is 9.55 Å². The highest BCUT2D eigenvalue weighted by molar-refractivity contribution is 6.43. The Kier molecular flexibility index (Phi) is 4.87. The van der Waals surface area contributed by atoms with Crippen LogP contribution in [0.25, 0.3) is 0 Å². The molecule has 0 atom stereocenters. The Morgan fingerprint density at radius 2 is 2.20 bits per heavy atom. The van der Waals surface area contributed by atoms with E-state index in [0.717, 1.165) is 6.54 Å². The van der Waals surface area contributed by atoms with E-state index in [0.29, 0.717) is 18.6 Å². The molecule has 0 spiro atoms. The summed E-state index contributed by atoms with van der Waals surface area (Å²) in [5, 5.41) is 0.473. The van der Waals surface area contributed by atoms with Gasteiger partial charge in [0.05, 0.1) is 34.2 Å². The lowest BCUT2D eigenvalue weighted by Gasteiger charge is -2.07. The molecule has 0 saturated carbocycles. The van der Waals surface area contributed by atoms with Gasteiger partial charge >= 0.3 is 5.97 Å². The fourth-order valence-electron chi connectivity index (χ4n) is 1.64. The van der Waals surface area contributed by atoms with Crippen LogP contribution in [0.3, 0.4) is 0 Å². The Morgan fingerprint density at radius 3 is 2.85 bits per heavy atom. The van der Waals surface area contributed by atoms with E-state index in [2.05, 4.69) is 4.98 Å². The molecule has 20 heavy (non-hydrogen) atoms. The number of aryl methyl sites for hydroxylation is 1. The number of nitrogens with zero attached hydrogens (tertiary/aromatic N) is 2. The first-order valence-corrected chi connectivity index (χ1v) is 6.71. The lowest BCUT2D eigenvalue weighted by molar-refractivity contribution is 0.0496. The molecule has 2 rings (SSSR count). The Bertz CT molecular complexity index is 577. The van der Waals surface area contributed by atoms with Crippen molar-refractivity contribution in [2.45, 2.75) is 13.0 Å². The standard InChI is InChI=1S/C13H13Cl2N3O2/c14-10-6-9(7-11(16)12(10)15)13(19)20-5-1-3-18-4-2-17-8-18/h2,4,6-8H,1,3,5,16H2. The van der Waals surface area contributed by atoms with Crippen molar-refractivity contribution in [2.24, 2.45) is 0 Å². The maximum absolute atomic E-state index is 11.8. The first kappa shape index (κ1) is 14.7. The molecule has 0 aliphatic heterocycles. The van der Waals surface area contributed by atoms with Gasteiger partial charge in [0.2, 0.25) is 0 Å². The van der Waals surface area contributed by atoms with Crippen molar-refractivity contribution in [1.29, 1.82) is 0 Å². The van der Waals surface area contributed by atoms with Crippen molar-refractivity contribution >= 4 is 34.9 Å². The molecule has 0 saturated heterocycles. The molecule has 1 heterocycles. The highest BCUT2D eigenvalue weighted by atomic mass is 35.5. The van der Waals surface area contributed by atoms with Gasteiger partial charge in [0.25, 0.3) is 0 Å². The Labute approximate surface area is 126 Å². The van der Waals surface area contributed by atoms with Crippen molar-refractivity contribution in [3.05, 3.63) is 46.5 Å². The number of anilines is 1. The second-order valence-corrected chi connectivity index (χ2v) is 4.94. The van der Waals surface area contributed by atoms with Crippen LogP contribution >= 0.6 is 23.2 Å². The van der Waals surface area contributed by atoms with E-state index < -0.39 is 5.97 Å². The van der Waals surface area contributed by atoms with E-state index in [1.807, 2.05) is 10.8 Å². The Balaban J connectivity index is 1.86. The van der Waals surface area contributed by atoms with Crippen LogP contribution in [0, 0.1) is 0 Å². The number of esters is 1. The molecule has 1 aromatic heterocycles. The average molecular weight is 314 g/mol. The average Bonchev–Trinajstić information content (AvgIpc) is 2.93. The number of halogens is 2.